The Morgan fingerprint density at radius 3 is 2.53 bits per heavy atom. The van der Waals surface area contributed by atoms with Crippen molar-refractivity contribution in [2.75, 3.05) is 0 Å². The van der Waals surface area contributed by atoms with Gasteiger partial charge < -0.3 is 9.95 Å². The van der Waals surface area contributed by atoms with Crippen LogP contribution in [0, 0.1) is 6.57 Å². The van der Waals surface area contributed by atoms with Crippen molar-refractivity contribution in [3.8, 4) is 0 Å². The van der Waals surface area contributed by atoms with E-state index in [4.69, 9.17) is 11.7 Å². The number of carboxylic acid groups (broad SMARTS) is 1. The van der Waals surface area contributed by atoms with E-state index in [1.165, 1.54) is 5.56 Å². The fraction of sp³-hybridized carbons (Fsp3) is 0.500. The summed E-state index contributed by atoms with van der Waals surface area (Å²) in [6.07, 6.45) is 2.43. The fourth-order valence-corrected chi connectivity index (χ4v) is 2.26. The molecule has 19 heavy (non-hydrogen) atoms. The van der Waals surface area contributed by atoms with E-state index in [-0.39, 0.29) is 12.3 Å². The molecule has 1 aromatic rings. The molecule has 0 bridgehead atoms. The zero-order valence-corrected chi connectivity index (χ0v) is 11.6. The third-order valence-corrected chi connectivity index (χ3v) is 3.26. The molecule has 0 aliphatic carbocycles. The van der Waals surface area contributed by atoms with Crippen LogP contribution in [0.1, 0.15) is 51.0 Å². The summed E-state index contributed by atoms with van der Waals surface area (Å²) < 4.78 is 0. The van der Waals surface area contributed by atoms with Gasteiger partial charge in [0.1, 0.15) is 0 Å². The predicted molar refractivity (Wildman–Crippen MR) is 76.0 cm³/mol. The number of carbonyl (C=O) groups is 1. The highest BCUT2D eigenvalue weighted by molar-refractivity contribution is 5.66. The van der Waals surface area contributed by atoms with Crippen LogP contribution in [-0.4, -0.2) is 16.6 Å². The normalized spacial score (nSPS) is 12.7. The topological polar surface area (TPSA) is 41.7 Å². The summed E-state index contributed by atoms with van der Waals surface area (Å²) >= 11 is 0. The highest BCUT2D eigenvalue weighted by Crippen LogP contribution is 2.32. The van der Waals surface area contributed by atoms with Crippen LogP contribution >= 0.6 is 0 Å². The zero-order valence-electron chi connectivity index (χ0n) is 11.6. The van der Waals surface area contributed by atoms with Crippen LogP contribution in [0.5, 0.6) is 0 Å². The van der Waals surface area contributed by atoms with Crippen LogP contribution in [0.4, 0.5) is 0 Å². The Morgan fingerprint density at radius 1 is 1.37 bits per heavy atom. The first kappa shape index (κ1) is 15.2. The van der Waals surface area contributed by atoms with E-state index in [9.17, 15) is 4.79 Å². The van der Waals surface area contributed by atoms with E-state index in [1.54, 1.807) is 0 Å². The minimum atomic E-state index is -0.753. The molecule has 3 nitrogen and oxygen atoms in total. The number of aliphatic carboxylic acids is 1. The number of rotatable bonds is 7. The van der Waals surface area contributed by atoms with Crippen molar-refractivity contribution in [1.29, 1.82) is 0 Å². The fourth-order valence-electron chi connectivity index (χ4n) is 2.26. The Kier molecular flexibility index (Phi) is 5.57. The van der Waals surface area contributed by atoms with Crippen molar-refractivity contribution in [1.82, 2.24) is 0 Å². The largest absolute Gasteiger partial charge is 0.481 e. The van der Waals surface area contributed by atoms with Gasteiger partial charge in [0.05, 0.1) is 0 Å². The highest BCUT2D eigenvalue weighted by atomic mass is 16.4. The molecule has 1 atom stereocenters. The zero-order chi connectivity index (χ0) is 14.3. The average molecular weight is 259 g/mol. The van der Waals surface area contributed by atoms with Crippen molar-refractivity contribution >= 4 is 5.97 Å². The average Bonchev–Trinajstić information content (AvgIpc) is 2.38. The number of benzene rings is 1. The number of hydrogen-bond acceptors (Lipinski definition) is 1. The molecule has 0 aliphatic heterocycles. The summed E-state index contributed by atoms with van der Waals surface area (Å²) in [5, 5.41) is 8.73. The Balaban J connectivity index is 2.74. The van der Waals surface area contributed by atoms with Crippen molar-refractivity contribution in [2.24, 2.45) is 0 Å². The van der Waals surface area contributed by atoms with E-state index in [1.807, 2.05) is 32.0 Å². The van der Waals surface area contributed by atoms with E-state index in [0.717, 1.165) is 12.8 Å². The molecule has 0 radical (unpaired) electrons. The summed E-state index contributed by atoms with van der Waals surface area (Å²) in [6, 6.07) is 10.1. The first-order chi connectivity index (χ1) is 8.94. The van der Waals surface area contributed by atoms with Gasteiger partial charge in [-0.05, 0) is 24.3 Å². The maximum atomic E-state index is 10.6. The van der Waals surface area contributed by atoms with E-state index < -0.39 is 11.5 Å². The standard InChI is InChI=1S/C16H21NO2/c1-16(2,17-3)12-14(10-7-11-15(18)19)13-8-5-4-6-9-13/h4-6,8-9,14H,7,10-12H2,1-2H3,(H,18,19). The molecule has 0 saturated heterocycles. The second-order valence-electron chi connectivity index (χ2n) is 5.52. The van der Waals surface area contributed by atoms with Crippen LogP contribution in [0.3, 0.4) is 0 Å². The Labute approximate surface area is 115 Å². The number of nitrogens with zero attached hydrogens (tertiary/aromatic N) is 1. The second-order valence-corrected chi connectivity index (χ2v) is 5.52. The molecule has 0 amide bonds. The van der Waals surface area contributed by atoms with Crippen LogP contribution in [0.2, 0.25) is 0 Å². The van der Waals surface area contributed by atoms with Crippen molar-refractivity contribution < 1.29 is 9.90 Å². The summed E-state index contributed by atoms with van der Waals surface area (Å²) in [5.41, 5.74) is 0.800. The van der Waals surface area contributed by atoms with Gasteiger partial charge in [-0.15, -0.1) is 0 Å². The minimum Gasteiger partial charge on any atom is -0.481 e. The lowest BCUT2D eigenvalue weighted by atomic mass is 9.83. The number of carboxylic acids is 1. The van der Waals surface area contributed by atoms with Gasteiger partial charge in [-0.3, -0.25) is 4.79 Å². The third-order valence-electron chi connectivity index (χ3n) is 3.26. The van der Waals surface area contributed by atoms with Crippen LogP contribution in [-0.2, 0) is 4.79 Å². The molecule has 1 N–H and O–H groups in total. The Morgan fingerprint density at radius 2 is 2.00 bits per heavy atom. The summed E-state index contributed by atoms with van der Waals surface area (Å²) in [4.78, 5) is 14.3. The molecule has 102 valence electrons. The van der Waals surface area contributed by atoms with Gasteiger partial charge in [0.25, 0.3) is 0 Å². The molecular weight excluding hydrogens is 238 g/mol. The Bertz CT molecular complexity index is 446. The third kappa shape index (κ3) is 5.56. The lowest BCUT2D eigenvalue weighted by Crippen LogP contribution is -2.19. The second kappa shape index (κ2) is 6.94. The predicted octanol–water partition coefficient (Wildman–Crippen LogP) is 4.11. The maximum Gasteiger partial charge on any atom is 0.303 e. The van der Waals surface area contributed by atoms with Gasteiger partial charge in [-0.25, -0.2) is 6.57 Å². The van der Waals surface area contributed by atoms with Crippen LogP contribution in [0.15, 0.2) is 30.3 Å². The van der Waals surface area contributed by atoms with Gasteiger partial charge in [0.2, 0.25) is 5.54 Å². The maximum absolute atomic E-state index is 10.6. The highest BCUT2D eigenvalue weighted by Gasteiger charge is 2.28. The molecule has 0 fully saturated rings. The molecule has 3 heteroatoms. The molecule has 0 saturated carbocycles. The molecule has 1 aromatic carbocycles. The molecular formula is C16H21NO2. The summed E-state index contributed by atoms with van der Waals surface area (Å²) in [5.74, 6) is -0.499. The summed E-state index contributed by atoms with van der Waals surface area (Å²) in [6.45, 7) is 11.1. The first-order valence-electron chi connectivity index (χ1n) is 6.60. The van der Waals surface area contributed by atoms with Crippen molar-refractivity contribution in [2.45, 2.75) is 51.0 Å². The molecule has 0 aromatic heterocycles. The van der Waals surface area contributed by atoms with Gasteiger partial charge in [0, 0.05) is 26.7 Å². The first-order valence-corrected chi connectivity index (χ1v) is 6.60. The van der Waals surface area contributed by atoms with Crippen molar-refractivity contribution in [3.63, 3.8) is 0 Å². The number of hydrogen-bond donors (Lipinski definition) is 1. The van der Waals surface area contributed by atoms with Gasteiger partial charge >= 0.3 is 5.97 Å². The molecule has 0 heterocycles. The SMILES string of the molecule is [C-]#[N+]C(C)(C)CC(CCCC(=O)O)c1ccccc1. The monoisotopic (exact) mass is 259 g/mol. The molecule has 0 aliphatic rings. The minimum absolute atomic E-state index is 0.196. The Hall–Kier alpha value is -1.82. The molecule has 0 spiro atoms. The van der Waals surface area contributed by atoms with Gasteiger partial charge in [-0.2, -0.15) is 0 Å². The van der Waals surface area contributed by atoms with Gasteiger partial charge in [-0.1, -0.05) is 30.3 Å². The quantitative estimate of drug-likeness (QED) is 0.748. The lowest BCUT2D eigenvalue weighted by Gasteiger charge is -2.21. The van der Waals surface area contributed by atoms with E-state index >= 15 is 0 Å². The van der Waals surface area contributed by atoms with E-state index in [2.05, 4.69) is 17.0 Å². The van der Waals surface area contributed by atoms with Crippen LogP contribution in [0.25, 0.3) is 4.85 Å². The summed E-state index contributed by atoms with van der Waals surface area (Å²) in [7, 11) is 0. The van der Waals surface area contributed by atoms with Crippen LogP contribution < -0.4 is 0 Å². The van der Waals surface area contributed by atoms with Gasteiger partial charge in [0.15, 0.2) is 0 Å². The molecule has 1 unspecified atom stereocenters. The molecule has 1 rings (SSSR count). The lowest BCUT2D eigenvalue weighted by molar-refractivity contribution is -0.137. The van der Waals surface area contributed by atoms with Crippen molar-refractivity contribution in [3.05, 3.63) is 47.3 Å². The smallest absolute Gasteiger partial charge is 0.303 e. The van der Waals surface area contributed by atoms with E-state index in [0.29, 0.717) is 6.42 Å².